The lowest BCUT2D eigenvalue weighted by molar-refractivity contribution is -0.175. The van der Waals surface area contributed by atoms with Gasteiger partial charge in [0.2, 0.25) is 0 Å². The number of hydrogen-bond acceptors (Lipinski definition) is 1. The molecule has 0 N–H and O–H groups in total. The molecule has 19 heavy (non-hydrogen) atoms. The summed E-state index contributed by atoms with van der Waals surface area (Å²) in [5, 5.41) is 1.19. The van der Waals surface area contributed by atoms with Crippen LogP contribution in [0.1, 0.15) is 18.4 Å². The van der Waals surface area contributed by atoms with Crippen molar-refractivity contribution in [3.05, 3.63) is 28.8 Å². The first-order chi connectivity index (χ1) is 8.91. The maximum Gasteiger partial charge on any atom is 0.393 e. The highest BCUT2D eigenvalue weighted by molar-refractivity contribution is 9.08. The molecule has 1 atom stereocenters. The van der Waals surface area contributed by atoms with Crippen LogP contribution < -0.4 is 4.90 Å². The SMILES string of the molecule is FC(F)(F)C1CCCN(c2ccc(CBr)cc2Cl)C1. The first-order valence-electron chi connectivity index (χ1n) is 6.08. The van der Waals surface area contributed by atoms with Crippen molar-refractivity contribution in [1.29, 1.82) is 0 Å². The Kier molecular flexibility index (Phi) is 4.66. The number of hydrogen-bond donors (Lipinski definition) is 0. The summed E-state index contributed by atoms with van der Waals surface area (Å²) in [6.45, 7) is 0.622. The monoisotopic (exact) mass is 355 g/mol. The van der Waals surface area contributed by atoms with Crippen LogP contribution >= 0.6 is 27.5 Å². The lowest BCUT2D eigenvalue weighted by Crippen LogP contribution is -2.41. The molecule has 0 bridgehead atoms. The summed E-state index contributed by atoms with van der Waals surface area (Å²) >= 11 is 9.49. The number of piperidine rings is 1. The summed E-state index contributed by atoms with van der Waals surface area (Å²) in [7, 11) is 0. The second-order valence-electron chi connectivity index (χ2n) is 4.75. The van der Waals surface area contributed by atoms with E-state index in [4.69, 9.17) is 11.6 Å². The van der Waals surface area contributed by atoms with E-state index in [9.17, 15) is 13.2 Å². The van der Waals surface area contributed by atoms with Gasteiger partial charge in [-0.2, -0.15) is 13.2 Å². The molecule has 1 fully saturated rings. The van der Waals surface area contributed by atoms with Crippen molar-refractivity contribution in [2.75, 3.05) is 18.0 Å². The molecule has 1 saturated heterocycles. The minimum Gasteiger partial charge on any atom is -0.370 e. The summed E-state index contributed by atoms with van der Waals surface area (Å²) in [4.78, 5) is 1.74. The number of halogens is 5. The number of rotatable bonds is 2. The Morgan fingerprint density at radius 2 is 2.11 bits per heavy atom. The van der Waals surface area contributed by atoms with E-state index in [1.54, 1.807) is 17.0 Å². The van der Waals surface area contributed by atoms with Crippen molar-refractivity contribution in [2.24, 2.45) is 5.92 Å². The topological polar surface area (TPSA) is 3.24 Å². The Balaban J connectivity index is 2.17. The molecule has 1 aromatic carbocycles. The third-order valence-electron chi connectivity index (χ3n) is 3.39. The smallest absolute Gasteiger partial charge is 0.370 e. The van der Waals surface area contributed by atoms with E-state index in [0.29, 0.717) is 29.0 Å². The molecule has 1 aliphatic heterocycles. The van der Waals surface area contributed by atoms with Gasteiger partial charge in [0.25, 0.3) is 0 Å². The maximum absolute atomic E-state index is 12.8. The van der Waals surface area contributed by atoms with Crippen LogP contribution in [0.2, 0.25) is 5.02 Å². The molecule has 1 nitrogen and oxygen atoms in total. The highest BCUT2D eigenvalue weighted by atomic mass is 79.9. The van der Waals surface area contributed by atoms with Crippen LogP contribution in [0.3, 0.4) is 0 Å². The summed E-state index contributed by atoms with van der Waals surface area (Å²) in [6.07, 6.45) is -3.38. The zero-order valence-electron chi connectivity index (χ0n) is 10.2. The van der Waals surface area contributed by atoms with Crippen molar-refractivity contribution in [2.45, 2.75) is 24.3 Å². The van der Waals surface area contributed by atoms with Gasteiger partial charge in [0.15, 0.2) is 0 Å². The second kappa shape index (κ2) is 5.92. The third kappa shape index (κ3) is 3.57. The molecule has 0 spiro atoms. The predicted octanol–water partition coefficient (Wildman–Crippen LogP) is 5.01. The van der Waals surface area contributed by atoms with Crippen molar-refractivity contribution in [1.82, 2.24) is 0 Å². The zero-order valence-corrected chi connectivity index (χ0v) is 12.5. The molecule has 106 valence electrons. The van der Waals surface area contributed by atoms with Crippen LogP contribution in [-0.2, 0) is 5.33 Å². The molecule has 0 aromatic heterocycles. The molecular formula is C13H14BrClF3N. The fourth-order valence-electron chi connectivity index (χ4n) is 2.35. The molecule has 1 aromatic rings. The van der Waals surface area contributed by atoms with Gasteiger partial charge in [0, 0.05) is 18.4 Å². The fourth-order valence-corrected chi connectivity index (χ4v) is 3.02. The molecule has 1 aliphatic rings. The van der Waals surface area contributed by atoms with Gasteiger partial charge in [-0.25, -0.2) is 0 Å². The Morgan fingerprint density at radius 3 is 2.68 bits per heavy atom. The molecular weight excluding hydrogens is 343 g/mol. The van der Waals surface area contributed by atoms with Crippen molar-refractivity contribution >= 4 is 33.2 Å². The summed E-state index contributed by atoms with van der Waals surface area (Å²) in [6, 6.07) is 5.48. The molecule has 0 aliphatic carbocycles. The van der Waals surface area contributed by atoms with E-state index < -0.39 is 12.1 Å². The van der Waals surface area contributed by atoms with Gasteiger partial charge in [0.05, 0.1) is 16.6 Å². The quantitative estimate of drug-likeness (QED) is 0.673. The van der Waals surface area contributed by atoms with E-state index in [1.165, 1.54) is 0 Å². The van der Waals surface area contributed by atoms with E-state index in [1.807, 2.05) is 6.07 Å². The third-order valence-corrected chi connectivity index (χ3v) is 4.34. The van der Waals surface area contributed by atoms with Crippen LogP contribution in [-0.4, -0.2) is 19.3 Å². The van der Waals surface area contributed by atoms with Gasteiger partial charge in [-0.15, -0.1) is 0 Å². The summed E-state index contributed by atoms with van der Waals surface area (Å²) < 4.78 is 38.4. The first-order valence-corrected chi connectivity index (χ1v) is 7.58. The lowest BCUT2D eigenvalue weighted by atomic mass is 9.97. The minimum atomic E-state index is -4.12. The van der Waals surface area contributed by atoms with Gasteiger partial charge in [-0.3, -0.25) is 0 Å². The standard InChI is InChI=1S/C13H14BrClF3N/c14-7-9-3-4-12(11(15)6-9)19-5-1-2-10(8-19)13(16,17)18/h3-4,6,10H,1-2,5,7-8H2. The van der Waals surface area contributed by atoms with E-state index in [-0.39, 0.29) is 13.0 Å². The lowest BCUT2D eigenvalue weighted by Gasteiger charge is -2.35. The second-order valence-corrected chi connectivity index (χ2v) is 5.71. The van der Waals surface area contributed by atoms with Gasteiger partial charge in [-0.05, 0) is 30.5 Å². The molecule has 0 saturated carbocycles. The Morgan fingerprint density at radius 1 is 1.37 bits per heavy atom. The van der Waals surface area contributed by atoms with Gasteiger partial charge in [-0.1, -0.05) is 33.6 Å². The Bertz CT molecular complexity index is 450. The average molecular weight is 357 g/mol. The van der Waals surface area contributed by atoms with Gasteiger partial charge in [0.1, 0.15) is 0 Å². The highest BCUT2D eigenvalue weighted by Gasteiger charge is 2.42. The Labute approximate surface area is 123 Å². The van der Waals surface area contributed by atoms with Crippen LogP contribution in [0.5, 0.6) is 0 Å². The molecule has 1 unspecified atom stereocenters. The average Bonchev–Trinajstić information content (AvgIpc) is 2.37. The van der Waals surface area contributed by atoms with E-state index >= 15 is 0 Å². The predicted molar refractivity (Wildman–Crippen MR) is 75.1 cm³/mol. The largest absolute Gasteiger partial charge is 0.393 e. The van der Waals surface area contributed by atoms with Gasteiger partial charge < -0.3 is 4.90 Å². The minimum absolute atomic E-state index is 0.00310. The summed E-state index contributed by atoms with van der Waals surface area (Å²) in [5.41, 5.74) is 1.71. The Hall–Kier alpha value is -0.420. The molecule has 2 rings (SSSR count). The van der Waals surface area contributed by atoms with Crippen LogP contribution in [0.25, 0.3) is 0 Å². The maximum atomic E-state index is 12.8. The zero-order chi connectivity index (χ0) is 14.0. The van der Waals surface area contributed by atoms with Crippen LogP contribution in [0.4, 0.5) is 18.9 Å². The van der Waals surface area contributed by atoms with Crippen LogP contribution in [0, 0.1) is 5.92 Å². The van der Waals surface area contributed by atoms with E-state index in [2.05, 4.69) is 15.9 Å². The summed E-state index contributed by atoms with van der Waals surface area (Å²) in [5.74, 6) is -1.26. The van der Waals surface area contributed by atoms with Crippen molar-refractivity contribution in [3.63, 3.8) is 0 Å². The number of alkyl halides is 4. The van der Waals surface area contributed by atoms with Crippen molar-refractivity contribution < 1.29 is 13.2 Å². The van der Waals surface area contributed by atoms with Crippen LogP contribution in [0.15, 0.2) is 18.2 Å². The number of anilines is 1. The highest BCUT2D eigenvalue weighted by Crippen LogP contribution is 2.37. The first kappa shape index (κ1) is 15.0. The molecule has 0 amide bonds. The van der Waals surface area contributed by atoms with Crippen molar-refractivity contribution in [3.8, 4) is 0 Å². The number of nitrogens with zero attached hydrogens (tertiary/aromatic N) is 1. The normalized spacial score (nSPS) is 20.7. The van der Waals surface area contributed by atoms with Gasteiger partial charge >= 0.3 is 6.18 Å². The molecule has 6 heteroatoms. The fraction of sp³-hybridized carbons (Fsp3) is 0.538. The van der Waals surface area contributed by atoms with E-state index in [0.717, 1.165) is 5.56 Å². The number of benzene rings is 1. The molecule has 1 heterocycles. The molecule has 0 radical (unpaired) electrons.